The Bertz CT molecular complexity index is 597. The largest absolute Gasteiger partial charge is 0.391 e. The van der Waals surface area contributed by atoms with Crippen LogP contribution in [0.2, 0.25) is 0 Å². The first-order chi connectivity index (χ1) is 11.0. The molecule has 3 heterocycles. The predicted octanol–water partition coefficient (Wildman–Crippen LogP) is 1.32. The van der Waals surface area contributed by atoms with E-state index in [4.69, 9.17) is 0 Å². The Kier molecular flexibility index (Phi) is 4.78. The molecule has 0 aliphatic carbocycles. The second kappa shape index (κ2) is 6.81. The van der Waals surface area contributed by atoms with Crippen LogP contribution >= 0.6 is 0 Å². The van der Waals surface area contributed by atoms with Gasteiger partial charge in [-0.15, -0.1) is 0 Å². The van der Waals surface area contributed by atoms with Gasteiger partial charge >= 0.3 is 0 Å². The third-order valence-electron chi connectivity index (χ3n) is 4.87. The molecule has 5 nitrogen and oxygen atoms in total. The maximum Gasteiger partial charge on any atom is 0.223 e. The van der Waals surface area contributed by atoms with E-state index in [0.29, 0.717) is 19.5 Å². The molecule has 0 unspecified atom stereocenters. The number of hydrogen-bond donors (Lipinski definition) is 1. The fourth-order valence-corrected chi connectivity index (χ4v) is 3.43. The summed E-state index contributed by atoms with van der Waals surface area (Å²) in [6, 6.07) is 4.11. The number of β-amino-alcohol motifs (C(OH)–C–C–N with tert-alkyl or cyclic N) is 1. The van der Waals surface area contributed by atoms with E-state index in [1.54, 1.807) is 0 Å². The molecular weight excluding hydrogens is 290 g/mol. The summed E-state index contributed by atoms with van der Waals surface area (Å²) in [6.45, 7) is 4.85. The summed E-state index contributed by atoms with van der Waals surface area (Å²) in [5, 5.41) is 9.99. The molecule has 2 atom stereocenters. The Balaban J connectivity index is 1.57. The zero-order valence-electron chi connectivity index (χ0n) is 13.9. The number of amides is 1. The van der Waals surface area contributed by atoms with E-state index in [1.807, 2.05) is 31.1 Å². The second-order valence-electron chi connectivity index (χ2n) is 6.76. The molecule has 1 aromatic rings. The van der Waals surface area contributed by atoms with Gasteiger partial charge in [0.05, 0.1) is 6.10 Å². The standard InChI is InChI=1S/C18H25N3O2/c1-13-3-4-15(10-19-13)14-5-7-21(8-6-14)18(23)9-16-11-20(2)12-17(16)22/h3-5,10,16-17,22H,6-9,11-12H2,1-2H3/t16-,17-/m1/s1. The van der Waals surface area contributed by atoms with E-state index in [-0.39, 0.29) is 17.9 Å². The van der Waals surface area contributed by atoms with Crippen LogP contribution in [0.3, 0.4) is 0 Å². The Morgan fingerprint density at radius 1 is 1.39 bits per heavy atom. The maximum atomic E-state index is 12.4. The number of nitrogens with zero attached hydrogens (tertiary/aromatic N) is 3. The van der Waals surface area contributed by atoms with E-state index in [2.05, 4.69) is 22.0 Å². The van der Waals surface area contributed by atoms with Gasteiger partial charge in [0, 0.05) is 50.4 Å². The van der Waals surface area contributed by atoms with Crippen LogP contribution in [0, 0.1) is 12.8 Å². The fraction of sp³-hybridized carbons (Fsp3) is 0.556. The average Bonchev–Trinajstić information content (AvgIpc) is 2.86. The molecule has 0 aromatic carbocycles. The van der Waals surface area contributed by atoms with Crippen molar-refractivity contribution in [1.29, 1.82) is 0 Å². The Morgan fingerprint density at radius 3 is 2.78 bits per heavy atom. The van der Waals surface area contributed by atoms with Crippen LogP contribution in [0.4, 0.5) is 0 Å². The summed E-state index contributed by atoms with van der Waals surface area (Å²) in [5.74, 6) is 0.223. The molecule has 0 spiro atoms. The molecule has 1 fully saturated rings. The number of aromatic nitrogens is 1. The van der Waals surface area contributed by atoms with Crippen LogP contribution in [-0.2, 0) is 4.79 Å². The normalized spacial score (nSPS) is 25.5. The second-order valence-corrected chi connectivity index (χ2v) is 6.76. The lowest BCUT2D eigenvalue weighted by molar-refractivity contribution is -0.132. The molecule has 1 saturated heterocycles. The number of aliphatic hydroxyl groups excluding tert-OH is 1. The lowest BCUT2D eigenvalue weighted by atomic mass is 9.98. The summed E-state index contributed by atoms with van der Waals surface area (Å²) in [6.07, 6.45) is 4.97. The minimum atomic E-state index is -0.376. The number of pyridine rings is 1. The van der Waals surface area contributed by atoms with E-state index in [1.165, 1.54) is 5.57 Å². The van der Waals surface area contributed by atoms with Gasteiger partial charge in [0.1, 0.15) is 0 Å². The average molecular weight is 315 g/mol. The molecule has 0 bridgehead atoms. The minimum absolute atomic E-state index is 0.0687. The number of aliphatic hydroxyl groups is 1. The van der Waals surface area contributed by atoms with Crippen LogP contribution in [-0.4, -0.2) is 65.1 Å². The van der Waals surface area contributed by atoms with Crippen molar-refractivity contribution >= 4 is 11.5 Å². The number of aryl methyl sites for hydroxylation is 1. The topological polar surface area (TPSA) is 56.7 Å². The van der Waals surface area contributed by atoms with Crippen molar-refractivity contribution in [2.75, 3.05) is 33.2 Å². The Labute approximate surface area is 137 Å². The SMILES string of the molecule is Cc1ccc(C2=CCN(C(=O)C[C@@H]3CN(C)C[C@H]3O)CC2)cn1. The molecule has 23 heavy (non-hydrogen) atoms. The number of hydrogen-bond acceptors (Lipinski definition) is 4. The molecule has 5 heteroatoms. The number of likely N-dealkylation sites (tertiary alicyclic amines) is 1. The van der Waals surface area contributed by atoms with Gasteiger partial charge in [-0.05, 0) is 37.6 Å². The highest BCUT2D eigenvalue weighted by Gasteiger charge is 2.32. The molecule has 1 amide bonds. The molecular formula is C18H25N3O2. The maximum absolute atomic E-state index is 12.4. The molecule has 0 saturated carbocycles. The van der Waals surface area contributed by atoms with Gasteiger partial charge in [0.2, 0.25) is 5.91 Å². The summed E-state index contributed by atoms with van der Waals surface area (Å²) < 4.78 is 0. The number of carbonyl (C=O) groups excluding carboxylic acids is 1. The van der Waals surface area contributed by atoms with E-state index >= 15 is 0 Å². The van der Waals surface area contributed by atoms with Crippen LogP contribution in [0.25, 0.3) is 5.57 Å². The van der Waals surface area contributed by atoms with Crippen molar-refractivity contribution in [3.05, 3.63) is 35.7 Å². The summed E-state index contributed by atoms with van der Waals surface area (Å²) in [4.78, 5) is 20.8. The number of rotatable bonds is 3. The van der Waals surface area contributed by atoms with Gasteiger partial charge in [-0.2, -0.15) is 0 Å². The molecule has 124 valence electrons. The lowest BCUT2D eigenvalue weighted by Gasteiger charge is -2.28. The first-order valence-corrected chi connectivity index (χ1v) is 8.29. The van der Waals surface area contributed by atoms with Gasteiger partial charge in [-0.3, -0.25) is 9.78 Å². The van der Waals surface area contributed by atoms with Crippen molar-refractivity contribution in [1.82, 2.24) is 14.8 Å². The Morgan fingerprint density at radius 2 is 2.22 bits per heavy atom. The summed E-state index contributed by atoms with van der Waals surface area (Å²) in [5.41, 5.74) is 3.43. The molecule has 1 aromatic heterocycles. The van der Waals surface area contributed by atoms with Gasteiger partial charge in [0.15, 0.2) is 0 Å². The highest BCUT2D eigenvalue weighted by molar-refractivity contribution is 5.78. The highest BCUT2D eigenvalue weighted by atomic mass is 16.3. The van der Waals surface area contributed by atoms with Crippen molar-refractivity contribution in [3.8, 4) is 0 Å². The minimum Gasteiger partial charge on any atom is -0.391 e. The summed E-state index contributed by atoms with van der Waals surface area (Å²) in [7, 11) is 1.99. The zero-order valence-corrected chi connectivity index (χ0v) is 13.9. The molecule has 1 N–H and O–H groups in total. The van der Waals surface area contributed by atoms with Gasteiger partial charge < -0.3 is 14.9 Å². The van der Waals surface area contributed by atoms with E-state index in [0.717, 1.165) is 30.8 Å². The van der Waals surface area contributed by atoms with Crippen molar-refractivity contribution in [2.45, 2.75) is 25.9 Å². The van der Waals surface area contributed by atoms with Crippen LogP contribution in [0.5, 0.6) is 0 Å². The summed E-state index contributed by atoms with van der Waals surface area (Å²) >= 11 is 0. The number of likely N-dealkylation sites (N-methyl/N-ethyl adjacent to an activating group) is 1. The third kappa shape index (κ3) is 3.79. The third-order valence-corrected chi connectivity index (χ3v) is 4.87. The van der Waals surface area contributed by atoms with Crippen molar-refractivity contribution < 1.29 is 9.90 Å². The molecule has 2 aliphatic heterocycles. The quantitative estimate of drug-likeness (QED) is 0.914. The van der Waals surface area contributed by atoms with Crippen LogP contribution in [0.15, 0.2) is 24.4 Å². The van der Waals surface area contributed by atoms with E-state index < -0.39 is 0 Å². The fourth-order valence-electron chi connectivity index (χ4n) is 3.43. The van der Waals surface area contributed by atoms with Crippen LogP contribution < -0.4 is 0 Å². The lowest BCUT2D eigenvalue weighted by Crippen LogP contribution is -2.37. The Hall–Kier alpha value is -1.72. The van der Waals surface area contributed by atoms with Crippen molar-refractivity contribution in [2.24, 2.45) is 5.92 Å². The first kappa shape index (κ1) is 16.1. The highest BCUT2D eigenvalue weighted by Crippen LogP contribution is 2.24. The zero-order chi connectivity index (χ0) is 16.4. The first-order valence-electron chi connectivity index (χ1n) is 8.29. The van der Waals surface area contributed by atoms with Gasteiger partial charge in [0.25, 0.3) is 0 Å². The smallest absolute Gasteiger partial charge is 0.223 e. The van der Waals surface area contributed by atoms with E-state index in [9.17, 15) is 9.90 Å². The predicted molar refractivity (Wildman–Crippen MR) is 89.8 cm³/mol. The number of carbonyl (C=O) groups is 1. The molecule has 2 aliphatic rings. The van der Waals surface area contributed by atoms with Gasteiger partial charge in [-0.25, -0.2) is 0 Å². The van der Waals surface area contributed by atoms with Crippen molar-refractivity contribution in [3.63, 3.8) is 0 Å². The van der Waals surface area contributed by atoms with Crippen LogP contribution in [0.1, 0.15) is 24.1 Å². The molecule has 0 radical (unpaired) electrons. The monoisotopic (exact) mass is 315 g/mol. The van der Waals surface area contributed by atoms with Gasteiger partial charge in [-0.1, -0.05) is 12.1 Å². The molecule has 3 rings (SSSR count).